The van der Waals surface area contributed by atoms with Gasteiger partial charge in [0.15, 0.2) is 0 Å². The van der Waals surface area contributed by atoms with Gasteiger partial charge in [-0.2, -0.15) is 0 Å². The summed E-state index contributed by atoms with van der Waals surface area (Å²) >= 11 is 1.71. The summed E-state index contributed by atoms with van der Waals surface area (Å²) in [6, 6.07) is 0.238. The Kier molecular flexibility index (Phi) is 5.89. The summed E-state index contributed by atoms with van der Waals surface area (Å²) in [5.41, 5.74) is 7.12. The molecule has 0 aliphatic carbocycles. The van der Waals surface area contributed by atoms with Crippen molar-refractivity contribution in [1.82, 2.24) is 14.8 Å². The highest BCUT2D eigenvalue weighted by molar-refractivity contribution is 7.09. The van der Waals surface area contributed by atoms with Crippen molar-refractivity contribution in [3.8, 4) is 0 Å². The van der Waals surface area contributed by atoms with Gasteiger partial charge in [0.25, 0.3) is 0 Å². The minimum atomic E-state index is 0.178. The van der Waals surface area contributed by atoms with Crippen molar-refractivity contribution in [1.29, 1.82) is 0 Å². The average molecular weight is 351 g/mol. The van der Waals surface area contributed by atoms with Crippen LogP contribution in [0.5, 0.6) is 0 Å². The van der Waals surface area contributed by atoms with Crippen LogP contribution in [0.4, 0.5) is 0 Å². The quantitative estimate of drug-likeness (QED) is 0.905. The molecule has 0 aromatic carbocycles. The number of rotatable bonds is 4. The molecule has 3 heterocycles. The van der Waals surface area contributed by atoms with E-state index in [4.69, 9.17) is 5.73 Å². The number of thiazole rings is 1. The summed E-state index contributed by atoms with van der Waals surface area (Å²) in [5.74, 6) is 1.06. The molecule has 0 radical (unpaired) electrons. The van der Waals surface area contributed by atoms with E-state index in [1.54, 1.807) is 11.3 Å². The number of piperidine rings is 2. The maximum absolute atomic E-state index is 13.0. The summed E-state index contributed by atoms with van der Waals surface area (Å²) in [7, 11) is 0. The molecule has 2 fully saturated rings. The number of nitrogens with zero attached hydrogens (tertiary/aromatic N) is 3. The van der Waals surface area contributed by atoms with Crippen LogP contribution in [0, 0.1) is 18.8 Å². The molecule has 24 heavy (non-hydrogen) atoms. The van der Waals surface area contributed by atoms with Crippen molar-refractivity contribution in [3.05, 3.63) is 16.1 Å². The molecule has 2 N–H and O–H groups in total. The number of aryl methyl sites for hydroxylation is 1. The van der Waals surface area contributed by atoms with E-state index in [0.29, 0.717) is 18.4 Å². The molecule has 1 aromatic heterocycles. The molecule has 1 amide bonds. The Bertz CT molecular complexity index is 553. The van der Waals surface area contributed by atoms with Gasteiger partial charge in [-0.1, -0.05) is 6.92 Å². The van der Waals surface area contributed by atoms with E-state index in [-0.39, 0.29) is 12.0 Å². The zero-order valence-electron chi connectivity index (χ0n) is 14.9. The van der Waals surface area contributed by atoms with Crippen LogP contribution in [-0.4, -0.2) is 52.9 Å². The Morgan fingerprint density at radius 1 is 1.33 bits per heavy atom. The first kappa shape index (κ1) is 17.8. The molecule has 3 rings (SSSR count). The second-order valence-corrected chi connectivity index (χ2v) is 8.42. The number of amides is 1. The average Bonchev–Trinajstić information content (AvgIpc) is 2.99. The van der Waals surface area contributed by atoms with Crippen molar-refractivity contribution in [2.45, 2.75) is 52.1 Å². The van der Waals surface area contributed by atoms with Crippen molar-refractivity contribution in [2.24, 2.45) is 17.6 Å². The number of carbonyl (C=O) groups is 1. The lowest BCUT2D eigenvalue weighted by atomic mass is 9.88. The molecule has 5 nitrogen and oxygen atoms in total. The highest BCUT2D eigenvalue weighted by Gasteiger charge is 2.35. The molecule has 134 valence electrons. The molecule has 2 atom stereocenters. The topological polar surface area (TPSA) is 62.5 Å². The predicted molar refractivity (Wildman–Crippen MR) is 97.8 cm³/mol. The highest BCUT2D eigenvalue weighted by atomic mass is 32.1. The first-order valence-electron chi connectivity index (χ1n) is 9.22. The minimum Gasteiger partial charge on any atom is -0.338 e. The van der Waals surface area contributed by atoms with Gasteiger partial charge in [-0.3, -0.25) is 9.69 Å². The van der Waals surface area contributed by atoms with Crippen LogP contribution in [0.3, 0.4) is 0 Å². The molecular formula is C18H30N4OS. The van der Waals surface area contributed by atoms with Gasteiger partial charge in [0.05, 0.1) is 10.7 Å². The Morgan fingerprint density at radius 2 is 2.08 bits per heavy atom. The second kappa shape index (κ2) is 7.93. The molecule has 0 saturated carbocycles. The number of carbonyl (C=O) groups excluding carboxylic acids is 1. The maximum Gasteiger partial charge on any atom is 0.226 e. The van der Waals surface area contributed by atoms with Crippen LogP contribution >= 0.6 is 11.3 Å². The first-order valence-corrected chi connectivity index (χ1v) is 10.1. The highest BCUT2D eigenvalue weighted by Crippen LogP contribution is 2.28. The summed E-state index contributed by atoms with van der Waals surface area (Å²) in [4.78, 5) is 22.1. The SMILES string of the molecule is Cc1nc(CN2CCC(C(=O)N3CCCC(C)C3CN)CC2)cs1. The Labute approximate surface area is 149 Å². The largest absolute Gasteiger partial charge is 0.338 e. The lowest BCUT2D eigenvalue weighted by Gasteiger charge is -2.42. The van der Waals surface area contributed by atoms with Gasteiger partial charge in [0.2, 0.25) is 5.91 Å². The maximum atomic E-state index is 13.0. The summed E-state index contributed by atoms with van der Waals surface area (Å²) in [5, 5.41) is 3.27. The van der Waals surface area contributed by atoms with Crippen molar-refractivity contribution in [3.63, 3.8) is 0 Å². The second-order valence-electron chi connectivity index (χ2n) is 7.36. The van der Waals surface area contributed by atoms with E-state index in [1.165, 1.54) is 6.42 Å². The minimum absolute atomic E-state index is 0.178. The predicted octanol–water partition coefficient (Wildman–Crippen LogP) is 2.25. The van der Waals surface area contributed by atoms with Gasteiger partial charge >= 0.3 is 0 Å². The van der Waals surface area contributed by atoms with Crippen LogP contribution in [-0.2, 0) is 11.3 Å². The van der Waals surface area contributed by atoms with Gasteiger partial charge in [-0.15, -0.1) is 11.3 Å². The molecular weight excluding hydrogens is 320 g/mol. The lowest BCUT2D eigenvalue weighted by Crippen LogP contribution is -2.54. The molecule has 1 aromatic rings. The fraction of sp³-hybridized carbons (Fsp3) is 0.778. The van der Waals surface area contributed by atoms with E-state index in [0.717, 1.165) is 56.1 Å². The third kappa shape index (κ3) is 3.98. The summed E-state index contributed by atoms with van der Waals surface area (Å²) < 4.78 is 0. The van der Waals surface area contributed by atoms with Crippen molar-refractivity contribution < 1.29 is 4.79 Å². The molecule has 2 aliphatic rings. The van der Waals surface area contributed by atoms with Crippen molar-refractivity contribution >= 4 is 17.2 Å². The first-order chi connectivity index (χ1) is 11.6. The van der Waals surface area contributed by atoms with Crippen LogP contribution in [0.2, 0.25) is 0 Å². The summed E-state index contributed by atoms with van der Waals surface area (Å²) in [6.45, 7) is 8.66. The van der Waals surface area contributed by atoms with E-state index in [2.05, 4.69) is 27.1 Å². The fourth-order valence-corrected chi connectivity index (χ4v) is 4.77. The number of nitrogens with two attached hydrogens (primary N) is 1. The molecule has 2 saturated heterocycles. The standard InChI is InChI=1S/C18H30N4OS/c1-13-4-3-7-22(17(13)10-19)18(23)15-5-8-21(9-6-15)11-16-12-24-14(2)20-16/h12-13,15,17H,3-11,19H2,1-2H3. The van der Waals surface area contributed by atoms with Gasteiger partial charge in [0, 0.05) is 37.0 Å². The number of hydrogen-bond acceptors (Lipinski definition) is 5. The zero-order valence-corrected chi connectivity index (χ0v) is 15.7. The Morgan fingerprint density at radius 3 is 2.71 bits per heavy atom. The van der Waals surface area contributed by atoms with E-state index >= 15 is 0 Å². The van der Waals surface area contributed by atoms with Gasteiger partial charge in [-0.05, 0) is 51.6 Å². The third-order valence-electron chi connectivity index (χ3n) is 5.63. The monoisotopic (exact) mass is 350 g/mol. The van der Waals surface area contributed by atoms with Gasteiger partial charge in [0.1, 0.15) is 0 Å². The molecule has 2 unspecified atom stereocenters. The molecule has 6 heteroatoms. The number of likely N-dealkylation sites (tertiary alicyclic amines) is 2. The van der Waals surface area contributed by atoms with Crippen LogP contribution in [0.15, 0.2) is 5.38 Å². The van der Waals surface area contributed by atoms with Gasteiger partial charge in [-0.25, -0.2) is 4.98 Å². The van der Waals surface area contributed by atoms with Crippen LogP contribution in [0.1, 0.15) is 43.3 Å². The summed E-state index contributed by atoms with van der Waals surface area (Å²) in [6.07, 6.45) is 4.23. The Hall–Kier alpha value is -0.980. The smallest absolute Gasteiger partial charge is 0.226 e. The van der Waals surface area contributed by atoms with Crippen LogP contribution in [0.25, 0.3) is 0 Å². The lowest BCUT2D eigenvalue weighted by molar-refractivity contribution is -0.142. The molecule has 0 bridgehead atoms. The number of hydrogen-bond donors (Lipinski definition) is 1. The van der Waals surface area contributed by atoms with E-state index in [1.807, 2.05) is 6.92 Å². The van der Waals surface area contributed by atoms with Gasteiger partial charge < -0.3 is 10.6 Å². The zero-order chi connectivity index (χ0) is 17.1. The Balaban J connectivity index is 1.53. The number of aromatic nitrogens is 1. The molecule has 2 aliphatic heterocycles. The normalized spacial score (nSPS) is 26.7. The third-order valence-corrected chi connectivity index (χ3v) is 6.45. The van der Waals surface area contributed by atoms with Crippen molar-refractivity contribution in [2.75, 3.05) is 26.2 Å². The van der Waals surface area contributed by atoms with E-state index in [9.17, 15) is 4.79 Å². The van der Waals surface area contributed by atoms with E-state index < -0.39 is 0 Å². The fourth-order valence-electron chi connectivity index (χ4n) is 4.16. The van der Waals surface area contributed by atoms with Crippen LogP contribution < -0.4 is 5.73 Å². The molecule has 0 spiro atoms.